The molecule has 0 radical (unpaired) electrons. The van der Waals surface area contributed by atoms with Crippen molar-refractivity contribution in [2.45, 2.75) is 16.6 Å². The molecule has 1 heterocycles. The predicted octanol–water partition coefficient (Wildman–Crippen LogP) is 1.30. The molecule has 1 aromatic rings. The first-order chi connectivity index (χ1) is 7.18. The number of hydrogen-bond acceptors (Lipinski definition) is 3. The van der Waals surface area contributed by atoms with Crippen LogP contribution in [0.3, 0.4) is 0 Å². The third-order valence-corrected chi connectivity index (χ3v) is 4.11. The standard InChI is InChI=1S/C10H12FNO2S/c11-9-5-7(12)1-2-10(9)15(13)8-3-4-14-6-8/h1-2,5,8H,3-4,6,12H2. The maximum Gasteiger partial charge on any atom is 0.141 e. The van der Waals surface area contributed by atoms with Gasteiger partial charge in [-0.05, 0) is 24.6 Å². The van der Waals surface area contributed by atoms with Crippen LogP contribution in [0.1, 0.15) is 6.42 Å². The molecule has 15 heavy (non-hydrogen) atoms. The van der Waals surface area contributed by atoms with Crippen molar-refractivity contribution in [1.82, 2.24) is 0 Å². The van der Waals surface area contributed by atoms with Crippen LogP contribution in [0.25, 0.3) is 0 Å². The van der Waals surface area contributed by atoms with Gasteiger partial charge in [-0.1, -0.05) is 0 Å². The van der Waals surface area contributed by atoms with E-state index in [1.807, 2.05) is 0 Å². The predicted molar refractivity (Wildman–Crippen MR) is 56.4 cm³/mol. The number of rotatable bonds is 2. The lowest BCUT2D eigenvalue weighted by Crippen LogP contribution is -2.16. The molecule has 1 aliphatic heterocycles. The summed E-state index contributed by atoms with van der Waals surface area (Å²) in [5.41, 5.74) is 5.76. The number of benzene rings is 1. The average Bonchev–Trinajstić information content (AvgIpc) is 2.69. The zero-order valence-corrected chi connectivity index (χ0v) is 8.93. The second-order valence-corrected chi connectivity index (χ2v) is 5.17. The van der Waals surface area contributed by atoms with E-state index in [9.17, 15) is 8.60 Å². The van der Waals surface area contributed by atoms with Crippen LogP contribution in [-0.2, 0) is 15.5 Å². The van der Waals surface area contributed by atoms with Crippen molar-refractivity contribution in [2.75, 3.05) is 18.9 Å². The van der Waals surface area contributed by atoms with Crippen LogP contribution in [0, 0.1) is 5.82 Å². The number of anilines is 1. The van der Waals surface area contributed by atoms with Crippen molar-refractivity contribution >= 4 is 16.5 Å². The van der Waals surface area contributed by atoms with Gasteiger partial charge in [-0.2, -0.15) is 0 Å². The van der Waals surface area contributed by atoms with Gasteiger partial charge in [-0.3, -0.25) is 4.21 Å². The molecule has 0 bridgehead atoms. The second-order valence-electron chi connectivity index (χ2n) is 3.47. The van der Waals surface area contributed by atoms with Crippen molar-refractivity contribution in [3.63, 3.8) is 0 Å². The molecule has 1 aliphatic rings. The first kappa shape index (κ1) is 10.6. The molecule has 82 valence electrons. The maximum atomic E-state index is 13.4. The highest BCUT2D eigenvalue weighted by atomic mass is 32.2. The summed E-state index contributed by atoms with van der Waals surface area (Å²) >= 11 is 0. The highest BCUT2D eigenvalue weighted by Gasteiger charge is 2.25. The van der Waals surface area contributed by atoms with E-state index in [0.717, 1.165) is 6.42 Å². The summed E-state index contributed by atoms with van der Waals surface area (Å²) in [4.78, 5) is 0.222. The SMILES string of the molecule is Nc1ccc(S(=O)C2CCOC2)c(F)c1. The lowest BCUT2D eigenvalue weighted by Gasteiger charge is -2.08. The minimum Gasteiger partial charge on any atom is -0.399 e. The van der Waals surface area contributed by atoms with Gasteiger partial charge < -0.3 is 10.5 Å². The van der Waals surface area contributed by atoms with Gasteiger partial charge in [-0.15, -0.1) is 0 Å². The Labute approximate surface area is 89.9 Å². The molecule has 1 aromatic carbocycles. The van der Waals surface area contributed by atoms with Crippen molar-refractivity contribution in [2.24, 2.45) is 0 Å². The highest BCUT2D eigenvalue weighted by molar-refractivity contribution is 7.85. The Kier molecular flexibility index (Phi) is 3.02. The molecule has 3 nitrogen and oxygen atoms in total. The van der Waals surface area contributed by atoms with Gasteiger partial charge in [-0.25, -0.2) is 4.39 Å². The fraction of sp³-hybridized carbons (Fsp3) is 0.400. The van der Waals surface area contributed by atoms with Gasteiger partial charge in [0.15, 0.2) is 0 Å². The van der Waals surface area contributed by atoms with E-state index in [2.05, 4.69) is 0 Å². The Bertz CT molecular complexity index is 391. The Hall–Kier alpha value is -0.940. The normalized spacial score (nSPS) is 22.9. The minimum absolute atomic E-state index is 0.0943. The third kappa shape index (κ3) is 2.18. The average molecular weight is 229 g/mol. The van der Waals surface area contributed by atoms with Crippen LogP contribution in [0.15, 0.2) is 23.1 Å². The van der Waals surface area contributed by atoms with Gasteiger partial charge in [0.05, 0.1) is 27.6 Å². The first-order valence-electron chi connectivity index (χ1n) is 4.72. The number of hydrogen-bond donors (Lipinski definition) is 1. The molecule has 2 unspecified atom stereocenters. The Morgan fingerprint density at radius 1 is 1.53 bits per heavy atom. The molecular formula is C10H12FNO2S. The fourth-order valence-corrected chi connectivity index (χ4v) is 2.88. The second kappa shape index (κ2) is 4.28. The van der Waals surface area contributed by atoms with Gasteiger partial charge in [0.1, 0.15) is 5.82 Å². The van der Waals surface area contributed by atoms with E-state index < -0.39 is 16.6 Å². The lowest BCUT2D eigenvalue weighted by atomic mass is 10.3. The van der Waals surface area contributed by atoms with Gasteiger partial charge in [0, 0.05) is 12.3 Å². The highest BCUT2D eigenvalue weighted by Crippen LogP contribution is 2.22. The summed E-state index contributed by atoms with van der Waals surface area (Å²) in [6.07, 6.45) is 0.719. The minimum atomic E-state index is -1.33. The van der Waals surface area contributed by atoms with E-state index in [1.165, 1.54) is 12.1 Å². The van der Waals surface area contributed by atoms with Crippen molar-refractivity contribution in [3.8, 4) is 0 Å². The molecule has 2 atom stereocenters. The summed E-state index contributed by atoms with van der Waals surface area (Å²) in [5.74, 6) is -0.500. The Balaban J connectivity index is 2.24. The van der Waals surface area contributed by atoms with E-state index >= 15 is 0 Å². The van der Waals surface area contributed by atoms with E-state index in [-0.39, 0.29) is 10.1 Å². The van der Waals surface area contributed by atoms with Crippen molar-refractivity contribution in [3.05, 3.63) is 24.0 Å². The van der Waals surface area contributed by atoms with Crippen LogP contribution in [-0.4, -0.2) is 22.7 Å². The van der Waals surface area contributed by atoms with Gasteiger partial charge >= 0.3 is 0 Å². The Morgan fingerprint density at radius 3 is 2.93 bits per heavy atom. The van der Waals surface area contributed by atoms with Crippen LogP contribution < -0.4 is 5.73 Å². The fourth-order valence-electron chi connectivity index (χ4n) is 1.54. The summed E-state index contributed by atoms with van der Waals surface area (Å²) in [5, 5.41) is -0.0943. The first-order valence-corrected chi connectivity index (χ1v) is 5.93. The molecule has 5 heteroatoms. The number of ether oxygens (including phenoxy) is 1. The molecular weight excluding hydrogens is 217 g/mol. The lowest BCUT2D eigenvalue weighted by molar-refractivity contribution is 0.199. The van der Waals surface area contributed by atoms with Crippen LogP contribution in [0.2, 0.25) is 0 Å². The molecule has 0 amide bonds. The smallest absolute Gasteiger partial charge is 0.141 e. The van der Waals surface area contributed by atoms with Crippen molar-refractivity contribution < 1.29 is 13.3 Å². The monoisotopic (exact) mass is 229 g/mol. The number of nitrogens with two attached hydrogens (primary N) is 1. The topological polar surface area (TPSA) is 52.3 Å². The largest absolute Gasteiger partial charge is 0.399 e. The van der Waals surface area contributed by atoms with Crippen LogP contribution in [0.4, 0.5) is 10.1 Å². The number of halogens is 1. The van der Waals surface area contributed by atoms with Crippen LogP contribution in [0.5, 0.6) is 0 Å². The zero-order valence-electron chi connectivity index (χ0n) is 8.11. The van der Waals surface area contributed by atoms with E-state index in [0.29, 0.717) is 18.9 Å². The molecule has 2 N–H and O–H groups in total. The molecule has 2 rings (SSSR count). The summed E-state index contributed by atoms with van der Waals surface area (Å²) < 4.78 is 30.5. The Morgan fingerprint density at radius 2 is 2.33 bits per heavy atom. The summed E-state index contributed by atoms with van der Waals surface area (Å²) in [7, 11) is -1.33. The van der Waals surface area contributed by atoms with E-state index in [1.54, 1.807) is 6.07 Å². The summed E-state index contributed by atoms with van der Waals surface area (Å²) in [6, 6.07) is 4.24. The quantitative estimate of drug-likeness (QED) is 0.778. The van der Waals surface area contributed by atoms with Crippen LogP contribution >= 0.6 is 0 Å². The molecule has 1 fully saturated rings. The van der Waals surface area contributed by atoms with E-state index in [4.69, 9.17) is 10.5 Å². The number of nitrogen functional groups attached to an aromatic ring is 1. The molecule has 0 aromatic heterocycles. The van der Waals surface area contributed by atoms with Gasteiger partial charge in [0.2, 0.25) is 0 Å². The molecule has 1 saturated heterocycles. The van der Waals surface area contributed by atoms with Crippen molar-refractivity contribution in [1.29, 1.82) is 0 Å². The molecule has 0 saturated carbocycles. The summed E-state index contributed by atoms with van der Waals surface area (Å²) in [6.45, 7) is 1.05. The maximum absolute atomic E-state index is 13.4. The zero-order chi connectivity index (χ0) is 10.8. The van der Waals surface area contributed by atoms with Gasteiger partial charge in [0.25, 0.3) is 0 Å². The third-order valence-electron chi connectivity index (χ3n) is 2.36. The molecule has 0 aliphatic carbocycles. The molecule has 0 spiro atoms.